The quantitative estimate of drug-likeness (QED) is 0.132. The molecule has 0 saturated carbocycles. The summed E-state index contributed by atoms with van der Waals surface area (Å²) in [5, 5.41) is 7.31. The number of fused-ring (bicyclic) bond motifs is 7. The summed E-state index contributed by atoms with van der Waals surface area (Å²) >= 11 is 0. The van der Waals surface area contributed by atoms with Crippen LogP contribution >= 0.6 is 0 Å². The second kappa shape index (κ2) is 17.6. The Morgan fingerprint density at radius 1 is 0.397 bits per heavy atom. The number of allylic oxidation sites excluding steroid dienone is 4. The second-order valence-electron chi connectivity index (χ2n) is 15.9. The zero-order valence-electron chi connectivity index (χ0n) is 35.7. The maximum absolute atomic E-state index is 2.43. The molecule has 0 aliphatic carbocycles. The molecule has 10 aromatic rings. The monoisotopic (exact) mass is 808 g/mol. The van der Waals surface area contributed by atoms with E-state index in [0.717, 1.165) is 51.3 Å². The number of anilines is 3. The zero-order chi connectivity index (χ0) is 42.5. The molecule has 0 N–H and O–H groups in total. The lowest BCUT2D eigenvalue weighted by molar-refractivity contribution is 1.17. The van der Waals surface area contributed by atoms with Crippen molar-refractivity contribution in [2.75, 3.05) is 4.90 Å². The Bertz CT molecular complexity index is 3230. The van der Waals surface area contributed by atoms with Gasteiger partial charge >= 0.3 is 0 Å². The van der Waals surface area contributed by atoms with E-state index in [1.165, 1.54) is 54.6 Å². The highest BCUT2D eigenvalue weighted by Crippen LogP contribution is 2.39. The minimum Gasteiger partial charge on any atom is -0.311 e. The summed E-state index contributed by atoms with van der Waals surface area (Å²) in [6, 6.07) is 81.7. The molecule has 0 spiro atoms. The highest BCUT2D eigenvalue weighted by Gasteiger charge is 2.15. The first kappa shape index (κ1) is 39.2. The Balaban J connectivity index is 1.06. The zero-order valence-corrected chi connectivity index (χ0v) is 35.7. The van der Waals surface area contributed by atoms with Gasteiger partial charge < -0.3 is 9.47 Å². The van der Waals surface area contributed by atoms with Crippen LogP contribution in [-0.4, -0.2) is 4.57 Å². The Labute approximate surface area is 370 Å². The van der Waals surface area contributed by atoms with Gasteiger partial charge in [-0.15, -0.1) is 0 Å². The van der Waals surface area contributed by atoms with Gasteiger partial charge in [-0.1, -0.05) is 189 Å². The summed E-state index contributed by atoms with van der Waals surface area (Å²) in [6.07, 6.45) is 7.57. The molecule has 1 aromatic heterocycles. The maximum atomic E-state index is 2.43. The fourth-order valence-corrected chi connectivity index (χ4v) is 9.08. The van der Waals surface area contributed by atoms with Crippen LogP contribution in [-0.2, 0) is 0 Å². The van der Waals surface area contributed by atoms with Crippen LogP contribution in [0, 0.1) is 0 Å². The SMILES string of the molecule is C/C=C\C(=C/CC)c1ccc(N(c2ccc(-c3ccccc3)cc2)c2ccc(-c3ccc(-n4c5ccccc5c5ccccc5c5ccccc5c5ccccc54)cc3)cc2)cc1. The average Bonchev–Trinajstić information content (AvgIpc) is 3.39. The molecule has 0 aliphatic rings. The Morgan fingerprint density at radius 2 is 0.762 bits per heavy atom. The van der Waals surface area contributed by atoms with E-state index in [0.29, 0.717) is 0 Å². The van der Waals surface area contributed by atoms with Gasteiger partial charge in [0.05, 0.1) is 11.0 Å². The van der Waals surface area contributed by atoms with Gasteiger partial charge in [0, 0.05) is 33.5 Å². The molecule has 0 atom stereocenters. The number of nitrogens with zero attached hydrogens (tertiary/aromatic N) is 2. The Kier molecular flexibility index (Phi) is 10.9. The van der Waals surface area contributed by atoms with Crippen molar-refractivity contribution in [1.82, 2.24) is 4.57 Å². The summed E-state index contributed by atoms with van der Waals surface area (Å²) in [6.45, 7) is 4.26. The van der Waals surface area contributed by atoms with Crippen molar-refractivity contribution >= 4 is 66.0 Å². The van der Waals surface area contributed by atoms with E-state index in [-0.39, 0.29) is 0 Å². The van der Waals surface area contributed by atoms with Gasteiger partial charge in [-0.05, 0) is 129 Å². The van der Waals surface area contributed by atoms with Gasteiger partial charge in [0.1, 0.15) is 0 Å². The third kappa shape index (κ3) is 7.69. The van der Waals surface area contributed by atoms with Crippen LogP contribution in [0.15, 0.2) is 243 Å². The Morgan fingerprint density at radius 3 is 1.21 bits per heavy atom. The molecule has 2 nitrogen and oxygen atoms in total. The van der Waals surface area contributed by atoms with Crippen molar-refractivity contribution in [3.05, 3.63) is 248 Å². The highest BCUT2D eigenvalue weighted by atomic mass is 15.1. The first-order valence-electron chi connectivity index (χ1n) is 22.0. The summed E-state index contributed by atoms with van der Waals surface area (Å²) in [5.74, 6) is 0. The van der Waals surface area contributed by atoms with Crippen molar-refractivity contribution in [3.63, 3.8) is 0 Å². The number of aromatic nitrogens is 1. The normalized spacial score (nSPS) is 11.7. The van der Waals surface area contributed by atoms with E-state index in [4.69, 9.17) is 0 Å². The van der Waals surface area contributed by atoms with Crippen molar-refractivity contribution < 1.29 is 0 Å². The van der Waals surface area contributed by atoms with Crippen LogP contribution in [0.25, 0.3) is 76.9 Å². The van der Waals surface area contributed by atoms with Gasteiger partial charge in [-0.25, -0.2) is 0 Å². The van der Waals surface area contributed by atoms with Crippen LogP contribution < -0.4 is 4.90 Å². The minimum absolute atomic E-state index is 0.987. The number of benzene rings is 9. The number of para-hydroxylation sites is 2. The summed E-state index contributed by atoms with van der Waals surface area (Å²) in [7, 11) is 0. The molecular weight excluding hydrogens is 761 g/mol. The van der Waals surface area contributed by atoms with Crippen molar-refractivity contribution in [2.45, 2.75) is 20.3 Å². The molecule has 63 heavy (non-hydrogen) atoms. The van der Waals surface area contributed by atoms with E-state index in [1.54, 1.807) is 0 Å². The standard InChI is InChI=1S/C61H48N2/c1-3-16-44(17-4-2)46-28-36-50(37-29-46)62(51-38-30-47(31-39-51)45-18-6-5-7-19-45)52-40-32-48(33-41-52)49-34-42-53(43-35-49)63-60-26-14-12-24-58(60)56-22-10-8-20-54(56)55-21-9-11-23-57(55)59-25-13-15-27-61(59)63/h3,5-43H,4H2,1-2H3/b16-3-,44-17+. The molecule has 0 amide bonds. The topological polar surface area (TPSA) is 8.17 Å². The van der Waals surface area contributed by atoms with Gasteiger partial charge in [0.25, 0.3) is 0 Å². The van der Waals surface area contributed by atoms with Gasteiger partial charge in [-0.3, -0.25) is 0 Å². The Hall–Kier alpha value is -7.94. The van der Waals surface area contributed by atoms with E-state index >= 15 is 0 Å². The molecule has 2 heteroatoms. The highest BCUT2D eigenvalue weighted by molar-refractivity contribution is 6.19. The predicted molar refractivity (Wildman–Crippen MR) is 272 cm³/mol. The first-order valence-corrected chi connectivity index (χ1v) is 22.0. The molecule has 0 unspecified atom stereocenters. The van der Waals surface area contributed by atoms with E-state index < -0.39 is 0 Å². The molecule has 9 aromatic carbocycles. The van der Waals surface area contributed by atoms with E-state index in [2.05, 4.69) is 266 Å². The molecule has 1 heterocycles. The number of rotatable bonds is 9. The lowest BCUT2D eigenvalue weighted by Crippen LogP contribution is -2.10. The smallest absolute Gasteiger partial charge is 0.0540 e. The lowest BCUT2D eigenvalue weighted by atomic mass is 10.0. The molecular formula is C61H48N2. The minimum atomic E-state index is 0.987. The largest absolute Gasteiger partial charge is 0.311 e. The van der Waals surface area contributed by atoms with E-state index in [1.807, 2.05) is 0 Å². The lowest BCUT2D eigenvalue weighted by Gasteiger charge is -2.26. The van der Waals surface area contributed by atoms with Crippen molar-refractivity contribution in [3.8, 4) is 27.9 Å². The average molecular weight is 809 g/mol. The van der Waals surface area contributed by atoms with Gasteiger partial charge in [0.15, 0.2) is 0 Å². The second-order valence-corrected chi connectivity index (χ2v) is 15.9. The fourth-order valence-electron chi connectivity index (χ4n) is 9.08. The molecule has 10 rings (SSSR count). The number of hydrogen-bond acceptors (Lipinski definition) is 1. The third-order valence-corrected chi connectivity index (χ3v) is 12.1. The maximum Gasteiger partial charge on any atom is 0.0540 e. The number of hydrogen-bond donors (Lipinski definition) is 0. The molecule has 302 valence electrons. The molecule has 0 radical (unpaired) electrons. The van der Waals surface area contributed by atoms with Crippen LogP contribution in [0.2, 0.25) is 0 Å². The van der Waals surface area contributed by atoms with Crippen molar-refractivity contribution in [2.24, 2.45) is 0 Å². The van der Waals surface area contributed by atoms with Crippen LogP contribution in [0.1, 0.15) is 25.8 Å². The summed E-state index contributed by atoms with van der Waals surface area (Å²) < 4.78 is 2.43. The summed E-state index contributed by atoms with van der Waals surface area (Å²) in [4.78, 5) is 2.35. The van der Waals surface area contributed by atoms with Crippen LogP contribution in [0.3, 0.4) is 0 Å². The van der Waals surface area contributed by atoms with Gasteiger partial charge in [-0.2, -0.15) is 0 Å². The van der Waals surface area contributed by atoms with Gasteiger partial charge in [0.2, 0.25) is 0 Å². The molecule has 0 fully saturated rings. The van der Waals surface area contributed by atoms with Crippen molar-refractivity contribution in [1.29, 1.82) is 0 Å². The van der Waals surface area contributed by atoms with Crippen LogP contribution in [0.5, 0.6) is 0 Å². The van der Waals surface area contributed by atoms with E-state index in [9.17, 15) is 0 Å². The van der Waals surface area contributed by atoms with Crippen LogP contribution in [0.4, 0.5) is 17.1 Å². The molecule has 0 saturated heterocycles. The predicted octanol–water partition coefficient (Wildman–Crippen LogP) is 17.4. The summed E-state index contributed by atoms with van der Waals surface area (Å²) in [5.41, 5.74) is 13.9. The first-order chi connectivity index (χ1) is 31.2. The molecule has 0 aliphatic heterocycles. The third-order valence-electron chi connectivity index (χ3n) is 12.1. The molecule has 0 bridgehead atoms. The fraction of sp³-hybridized carbons (Fsp3) is 0.0492.